The molecule has 0 atom stereocenters. The Balaban J connectivity index is 3.05. The SMILES string of the molecule is CCOc1ccc(NS(=O)(=O)C(C)(C)C)cc1CBr. The van der Waals surface area contributed by atoms with Gasteiger partial charge in [0.05, 0.1) is 11.4 Å². The molecule has 19 heavy (non-hydrogen) atoms. The van der Waals surface area contributed by atoms with Crippen LogP contribution in [0.2, 0.25) is 0 Å². The van der Waals surface area contributed by atoms with Gasteiger partial charge in [0.2, 0.25) is 10.0 Å². The van der Waals surface area contributed by atoms with Gasteiger partial charge in [-0.05, 0) is 45.9 Å². The Hall–Kier alpha value is -0.750. The van der Waals surface area contributed by atoms with E-state index in [0.717, 1.165) is 11.3 Å². The van der Waals surface area contributed by atoms with Gasteiger partial charge in [-0.15, -0.1) is 0 Å². The minimum absolute atomic E-state index is 0.549. The normalized spacial score (nSPS) is 12.3. The first-order valence-electron chi connectivity index (χ1n) is 6.05. The van der Waals surface area contributed by atoms with Gasteiger partial charge in [-0.3, -0.25) is 4.72 Å². The lowest BCUT2D eigenvalue weighted by molar-refractivity contribution is 0.338. The van der Waals surface area contributed by atoms with Crippen molar-refractivity contribution in [1.82, 2.24) is 0 Å². The zero-order valence-electron chi connectivity index (χ0n) is 11.7. The summed E-state index contributed by atoms with van der Waals surface area (Å²) in [6.07, 6.45) is 0. The van der Waals surface area contributed by atoms with Crippen molar-refractivity contribution < 1.29 is 13.2 Å². The second-order valence-electron chi connectivity index (χ2n) is 5.11. The Bertz CT molecular complexity index is 535. The predicted octanol–water partition coefficient (Wildman–Crippen LogP) is 3.52. The van der Waals surface area contributed by atoms with Crippen molar-refractivity contribution in [3.8, 4) is 5.75 Å². The predicted molar refractivity (Wildman–Crippen MR) is 82.5 cm³/mol. The van der Waals surface area contributed by atoms with E-state index in [2.05, 4.69) is 20.7 Å². The van der Waals surface area contributed by atoms with Gasteiger partial charge in [0, 0.05) is 16.6 Å². The highest BCUT2D eigenvalue weighted by atomic mass is 79.9. The van der Waals surface area contributed by atoms with Gasteiger partial charge < -0.3 is 4.74 Å². The standard InChI is InChI=1S/C13H20BrNO3S/c1-5-18-12-7-6-11(8-10(12)9-14)15-19(16,17)13(2,3)4/h6-8,15H,5,9H2,1-4H3. The summed E-state index contributed by atoms with van der Waals surface area (Å²) in [6, 6.07) is 5.27. The van der Waals surface area contributed by atoms with Gasteiger partial charge in [0.25, 0.3) is 0 Å². The van der Waals surface area contributed by atoms with E-state index in [4.69, 9.17) is 4.74 Å². The fraction of sp³-hybridized carbons (Fsp3) is 0.538. The highest BCUT2D eigenvalue weighted by molar-refractivity contribution is 9.08. The smallest absolute Gasteiger partial charge is 0.237 e. The first kappa shape index (κ1) is 16.3. The summed E-state index contributed by atoms with van der Waals surface area (Å²) in [5, 5.41) is 0.605. The molecule has 6 heteroatoms. The number of rotatable bonds is 5. The number of hydrogen-bond donors (Lipinski definition) is 1. The monoisotopic (exact) mass is 349 g/mol. The summed E-state index contributed by atoms with van der Waals surface area (Å²) in [5.41, 5.74) is 1.46. The van der Waals surface area contributed by atoms with E-state index in [0.29, 0.717) is 17.6 Å². The lowest BCUT2D eigenvalue weighted by atomic mass is 10.2. The molecule has 0 aliphatic rings. The van der Waals surface area contributed by atoms with E-state index in [1.165, 1.54) is 0 Å². The molecule has 0 saturated heterocycles. The largest absolute Gasteiger partial charge is 0.494 e. The maximum Gasteiger partial charge on any atom is 0.237 e. The van der Waals surface area contributed by atoms with Crippen LogP contribution in [-0.4, -0.2) is 19.8 Å². The minimum atomic E-state index is -3.41. The molecular weight excluding hydrogens is 330 g/mol. The van der Waals surface area contributed by atoms with Crippen LogP contribution >= 0.6 is 15.9 Å². The van der Waals surface area contributed by atoms with Crippen LogP contribution < -0.4 is 9.46 Å². The van der Waals surface area contributed by atoms with Crippen LogP contribution in [0.4, 0.5) is 5.69 Å². The van der Waals surface area contributed by atoms with Crippen LogP contribution in [0.15, 0.2) is 18.2 Å². The number of anilines is 1. The Morgan fingerprint density at radius 1 is 1.32 bits per heavy atom. The minimum Gasteiger partial charge on any atom is -0.494 e. The van der Waals surface area contributed by atoms with E-state index in [-0.39, 0.29) is 0 Å². The fourth-order valence-corrected chi connectivity index (χ4v) is 2.53. The molecule has 4 nitrogen and oxygen atoms in total. The lowest BCUT2D eigenvalue weighted by Crippen LogP contribution is -2.33. The third-order valence-corrected chi connectivity index (χ3v) is 5.28. The molecule has 0 saturated carbocycles. The van der Waals surface area contributed by atoms with Crippen LogP contribution in [0.25, 0.3) is 0 Å². The van der Waals surface area contributed by atoms with Crippen molar-refractivity contribution in [2.24, 2.45) is 0 Å². The number of hydrogen-bond acceptors (Lipinski definition) is 3. The summed E-state index contributed by atoms with van der Waals surface area (Å²) in [5.74, 6) is 0.762. The Labute approximate surface area is 123 Å². The molecule has 1 N–H and O–H groups in total. The second kappa shape index (κ2) is 6.13. The summed E-state index contributed by atoms with van der Waals surface area (Å²) in [6.45, 7) is 7.47. The van der Waals surface area contributed by atoms with Crippen molar-refractivity contribution in [2.75, 3.05) is 11.3 Å². The van der Waals surface area contributed by atoms with Crippen molar-refractivity contribution in [3.05, 3.63) is 23.8 Å². The van der Waals surface area contributed by atoms with Gasteiger partial charge in [-0.1, -0.05) is 15.9 Å². The number of nitrogens with one attached hydrogen (secondary N) is 1. The van der Waals surface area contributed by atoms with Crippen LogP contribution in [-0.2, 0) is 15.4 Å². The van der Waals surface area contributed by atoms with Crippen molar-refractivity contribution in [2.45, 2.75) is 37.8 Å². The zero-order chi connectivity index (χ0) is 14.7. The van der Waals surface area contributed by atoms with Crippen molar-refractivity contribution in [1.29, 1.82) is 0 Å². The van der Waals surface area contributed by atoms with Crippen molar-refractivity contribution >= 4 is 31.6 Å². The third kappa shape index (κ3) is 4.11. The first-order valence-corrected chi connectivity index (χ1v) is 8.65. The average Bonchev–Trinajstić information content (AvgIpc) is 2.29. The van der Waals surface area contributed by atoms with Gasteiger partial charge in [0.1, 0.15) is 5.75 Å². The topological polar surface area (TPSA) is 55.4 Å². The Kier molecular flexibility index (Phi) is 5.26. The van der Waals surface area contributed by atoms with E-state index in [1.54, 1.807) is 39.0 Å². The molecular formula is C13H20BrNO3S. The molecule has 0 aliphatic heterocycles. The molecule has 0 aromatic heterocycles. The summed E-state index contributed by atoms with van der Waals surface area (Å²) < 4.78 is 31.4. The Morgan fingerprint density at radius 2 is 1.95 bits per heavy atom. The molecule has 1 aromatic carbocycles. The fourth-order valence-electron chi connectivity index (χ4n) is 1.35. The molecule has 0 amide bonds. The molecule has 0 fully saturated rings. The summed E-state index contributed by atoms with van der Waals surface area (Å²) in [7, 11) is -3.41. The van der Waals surface area contributed by atoms with E-state index < -0.39 is 14.8 Å². The molecule has 0 radical (unpaired) electrons. The molecule has 1 aromatic rings. The highest BCUT2D eigenvalue weighted by Gasteiger charge is 2.28. The van der Waals surface area contributed by atoms with Gasteiger partial charge in [0.15, 0.2) is 0 Å². The number of sulfonamides is 1. The van der Waals surface area contributed by atoms with Crippen LogP contribution in [0, 0.1) is 0 Å². The summed E-state index contributed by atoms with van der Waals surface area (Å²) in [4.78, 5) is 0. The molecule has 0 unspecified atom stereocenters. The van der Waals surface area contributed by atoms with Crippen LogP contribution in [0.5, 0.6) is 5.75 Å². The maximum atomic E-state index is 12.1. The lowest BCUT2D eigenvalue weighted by Gasteiger charge is -2.21. The first-order chi connectivity index (χ1) is 8.71. The second-order valence-corrected chi connectivity index (χ2v) is 8.10. The average molecular weight is 350 g/mol. The van der Waals surface area contributed by atoms with Crippen LogP contribution in [0.3, 0.4) is 0 Å². The highest BCUT2D eigenvalue weighted by Crippen LogP contribution is 2.27. The molecule has 0 spiro atoms. The molecule has 0 bridgehead atoms. The van der Waals surface area contributed by atoms with E-state index >= 15 is 0 Å². The molecule has 1 rings (SSSR count). The number of benzene rings is 1. The zero-order valence-corrected chi connectivity index (χ0v) is 14.1. The summed E-state index contributed by atoms with van der Waals surface area (Å²) >= 11 is 3.37. The van der Waals surface area contributed by atoms with Crippen LogP contribution in [0.1, 0.15) is 33.3 Å². The van der Waals surface area contributed by atoms with E-state index in [1.807, 2.05) is 6.92 Å². The number of alkyl halides is 1. The van der Waals surface area contributed by atoms with Gasteiger partial charge >= 0.3 is 0 Å². The van der Waals surface area contributed by atoms with E-state index in [9.17, 15) is 8.42 Å². The number of ether oxygens (including phenoxy) is 1. The maximum absolute atomic E-state index is 12.1. The molecule has 0 heterocycles. The van der Waals surface area contributed by atoms with Gasteiger partial charge in [-0.25, -0.2) is 8.42 Å². The number of halogens is 1. The molecule has 108 valence electrons. The van der Waals surface area contributed by atoms with Crippen molar-refractivity contribution in [3.63, 3.8) is 0 Å². The quantitative estimate of drug-likeness (QED) is 0.827. The molecule has 0 aliphatic carbocycles. The third-order valence-electron chi connectivity index (χ3n) is 2.56. The van der Waals surface area contributed by atoms with Gasteiger partial charge in [-0.2, -0.15) is 0 Å². The Morgan fingerprint density at radius 3 is 2.42 bits per heavy atom.